The van der Waals surface area contributed by atoms with Gasteiger partial charge in [0.05, 0.1) is 24.2 Å². The Hall–Kier alpha value is -3.92. The van der Waals surface area contributed by atoms with E-state index in [0.29, 0.717) is 24.4 Å². The van der Waals surface area contributed by atoms with Gasteiger partial charge < -0.3 is 19.2 Å². The predicted molar refractivity (Wildman–Crippen MR) is 148 cm³/mol. The Balaban J connectivity index is 1.57. The highest BCUT2D eigenvalue weighted by molar-refractivity contribution is 5.80. The van der Waals surface area contributed by atoms with Gasteiger partial charge in [-0.15, -0.1) is 5.10 Å². The number of nitrogens with one attached hydrogen (secondary N) is 1. The summed E-state index contributed by atoms with van der Waals surface area (Å²) in [6.45, 7) is 9.77. The molecule has 206 valence electrons. The number of tetrazole rings is 1. The van der Waals surface area contributed by atoms with Crippen LogP contribution in [0.25, 0.3) is 10.9 Å². The number of aromatic nitrogens is 5. The van der Waals surface area contributed by atoms with Crippen LogP contribution in [0.4, 0.5) is 0 Å². The van der Waals surface area contributed by atoms with E-state index in [0.717, 1.165) is 53.1 Å². The average Bonchev–Trinajstić information content (AvgIpc) is 3.61. The standard InChI is InChI=1S/C29H36N6O4/c1-6-8-24(27-31-32-33-35(27)29(3,4)7-2)34(16-19-9-12-25-26(13-19)39-18-38-25)17-21-14-20-10-11-22(37-5)15-23(20)30-28(21)36/h9-15,24H,6-8,16-18H2,1-5H3,(H,30,36). The van der Waals surface area contributed by atoms with Crippen molar-refractivity contribution in [3.8, 4) is 17.2 Å². The van der Waals surface area contributed by atoms with Crippen molar-refractivity contribution in [3.05, 3.63) is 69.8 Å². The number of nitrogens with zero attached hydrogens (tertiary/aromatic N) is 5. The molecule has 1 aliphatic heterocycles. The fourth-order valence-electron chi connectivity index (χ4n) is 4.97. The van der Waals surface area contributed by atoms with Gasteiger partial charge >= 0.3 is 0 Å². The number of benzene rings is 2. The lowest BCUT2D eigenvalue weighted by Crippen LogP contribution is -2.36. The zero-order valence-corrected chi connectivity index (χ0v) is 23.2. The van der Waals surface area contributed by atoms with Gasteiger partial charge in [-0.05, 0) is 78.4 Å². The minimum atomic E-state index is -0.255. The molecule has 10 nitrogen and oxygen atoms in total. The Morgan fingerprint density at radius 1 is 1.10 bits per heavy atom. The molecular weight excluding hydrogens is 496 g/mol. The SMILES string of the molecule is CCCC(c1nnnn1C(C)(C)CC)N(Cc1ccc2c(c1)OCO2)Cc1cc2ccc(OC)cc2[nH]c1=O. The van der Waals surface area contributed by atoms with E-state index < -0.39 is 0 Å². The number of aromatic amines is 1. The van der Waals surface area contributed by atoms with E-state index in [-0.39, 0.29) is 23.9 Å². The number of rotatable bonds is 11. The normalized spacial score (nSPS) is 13.8. The monoisotopic (exact) mass is 532 g/mol. The highest BCUT2D eigenvalue weighted by Crippen LogP contribution is 2.35. The first-order valence-electron chi connectivity index (χ1n) is 13.4. The number of hydrogen-bond donors (Lipinski definition) is 1. The number of H-pyrrole nitrogens is 1. The van der Waals surface area contributed by atoms with Gasteiger partial charge in [-0.1, -0.05) is 26.3 Å². The second kappa shape index (κ2) is 11.1. The Bertz CT molecular complexity index is 1510. The maximum Gasteiger partial charge on any atom is 0.252 e. The Kier molecular flexibility index (Phi) is 7.56. The maximum atomic E-state index is 13.3. The van der Waals surface area contributed by atoms with Gasteiger partial charge in [0, 0.05) is 24.7 Å². The zero-order chi connectivity index (χ0) is 27.6. The van der Waals surface area contributed by atoms with Crippen molar-refractivity contribution in [2.45, 2.75) is 71.6 Å². The third-order valence-corrected chi connectivity index (χ3v) is 7.56. The lowest BCUT2D eigenvalue weighted by atomic mass is 10.00. The molecule has 0 bridgehead atoms. The maximum absolute atomic E-state index is 13.3. The molecule has 3 heterocycles. The van der Waals surface area contributed by atoms with Crippen molar-refractivity contribution in [1.29, 1.82) is 0 Å². The topological polar surface area (TPSA) is 107 Å². The second-order valence-electron chi connectivity index (χ2n) is 10.6. The molecule has 1 N–H and O–H groups in total. The van der Waals surface area contributed by atoms with E-state index >= 15 is 0 Å². The highest BCUT2D eigenvalue weighted by Gasteiger charge is 2.32. The Labute approximate surface area is 227 Å². The molecule has 1 aliphatic rings. The first-order valence-corrected chi connectivity index (χ1v) is 13.4. The molecule has 0 saturated heterocycles. The molecule has 0 spiro atoms. The van der Waals surface area contributed by atoms with Crippen molar-refractivity contribution in [2.75, 3.05) is 13.9 Å². The van der Waals surface area contributed by atoms with E-state index in [1.165, 1.54) is 0 Å². The molecule has 2 aromatic heterocycles. The lowest BCUT2D eigenvalue weighted by Gasteiger charge is -2.33. The van der Waals surface area contributed by atoms with E-state index in [1.807, 2.05) is 47.1 Å². The summed E-state index contributed by atoms with van der Waals surface area (Å²) in [6, 6.07) is 13.5. The van der Waals surface area contributed by atoms with Crippen LogP contribution in [0.15, 0.2) is 47.3 Å². The molecule has 1 unspecified atom stereocenters. The average molecular weight is 533 g/mol. The highest BCUT2D eigenvalue weighted by atomic mass is 16.7. The van der Waals surface area contributed by atoms with Gasteiger partial charge in [0.1, 0.15) is 5.75 Å². The summed E-state index contributed by atoms with van der Waals surface area (Å²) in [5, 5.41) is 13.9. The molecular formula is C29H36N6O4. The van der Waals surface area contributed by atoms with E-state index in [1.54, 1.807) is 7.11 Å². The number of methoxy groups -OCH3 is 1. The van der Waals surface area contributed by atoms with Crippen molar-refractivity contribution < 1.29 is 14.2 Å². The van der Waals surface area contributed by atoms with Crippen molar-refractivity contribution in [3.63, 3.8) is 0 Å². The van der Waals surface area contributed by atoms with Crippen LogP contribution < -0.4 is 19.8 Å². The molecule has 1 atom stereocenters. The van der Waals surface area contributed by atoms with Crippen molar-refractivity contribution in [1.82, 2.24) is 30.1 Å². The molecule has 5 rings (SSSR count). The largest absolute Gasteiger partial charge is 0.497 e. The van der Waals surface area contributed by atoms with Gasteiger partial charge in [0.2, 0.25) is 6.79 Å². The van der Waals surface area contributed by atoms with Gasteiger partial charge in [0.15, 0.2) is 17.3 Å². The minimum Gasteiger partial charge on any atom is -0.497 e. The first-order chi connectivity index (χ1) is 18.8. The fraction of sp³-hybridized carbons (Fsp3) is 0.448. The Morgan fingerprint density at radius 3 is 2.69 bits per heavy atom. The third kappa shape index (κ3) is 5.47. The summed E-state index contributed by atoms with van der Waals surface area (Å²) >= 11 is 0. The molecule has 4 aromatic rings. The first kappa shape index (κ1) is 26.7. The van der Waals surface area contributed by atoms with Gasteiger partial charge in [-0.25, -0.2) is 4.68 Å². The molecule has 39 heavy (non-hydrogen) atoms. The summed E-state index contributed by atoms with van der Waals surface area (Å²) < 4.78 is 18.4. The van der Waals surface area contributed by atoms with E-state index in [4.69, 9.17) is 14.2 Å². The van der Waals surface area contributed by atoms with Crippen molar-refractivity contribution in [2.24, 2.45) is 0 Å². The molecule has 0 fully saturated rings. The van der Waals surface area contributed by atoms with Crippen LogP contribution in [-0.2, 0) is 18.6 Å². The van der Waals surface area contributed by atoms with Crippen molar-refractivity contribution >= 4 is 10.9 Å². The number of fused-ring (bicyclic) bond motifs is 2. The third-order valence-electron chi connectivity index (χ3n) is 7.56. The fourth-order valence-corrected chi connectivity index (χ4v) is 4.97. The summed E-state index contributed by atoms with van der Waals surface area (Å²) in [7, 11) is 1.61. The molecule has 10 heteroatoms. The van der Waals surface area contributed by atoms with Gasteiger partial charge in [-0.2, -0.15) is 0 Å². The lowest BCUT2D eigenvalue weighted by molar-refractivity contribution is 0.145. The molecule has 0 aliphatic carbocycles. The minimum absolute atomic E-state index is 0.118. The zero-order valence-electron chi connectivity index (χ0n) is 23.2. The van der Waals surface area contributed by atoms with Crippen LogP contribution in [0, 0.1) is 0 Å². The second-order valence-corrected chi connectivity index (χ2v) is 10.6. The summed E-state index contributed by atoms with van der Waals surface area (Å²) in [6.07, 6.45) is 2.63. The van der Waals surface area contributed by atoms with Gasteiger partial charge in [-0.3, -0.25) is 9.69 Å². The van der Waals surface area contributed by atoms with E-state index in [9.17, 15) is 4.79 Å². The predicted octanol–water partition coefficient (Wildman–Crippen LogP) is 4.94. The van der Waals surface area contributed by atoms with Crippen LogP contribution in [0.5, 0.6) is 17.2 Å². The van der Waals surface area contributed by atoms with Crippen LogP contribution in [0.1, 0.15) is 70.0 Å². The van der Waals surface area contributed by atoms with Crippen LogP contribution >= 0.6 is 0 Å². The number of hydrogen-bond acceptors (Lipinski definition) is 8. The molecule has 2 aromatic carbocycles. The number of pyridine rings is 1. The summed E-state index contributed by atoms with van der Waals surface area (Å²) in [4.78, 5) is 18.6. The van der Waals surface area contributed by atoms with Crippen LogP contribution in [0.3, 0.4) is 0 Å². The molecule has 0 amide bonds. The molecule has 0 saturated carbocycles. The Morgan fingerprint density at radius 2 is 1.92 bits per heavy atom. The quantitative estimate of drug-likeness (QED) is 0.289. The van der Waals surface area contributed by atoms with Gasteiger partial charge in [0.25, 0.3) is 5.56 Å². The van der Waals surface area contributed by atoms with Crippen LogP contribution in [-0.4, -0.2) is 44.0 Å². The molecule has 0 radical (unpaired) electrons. The van der Waals surface area contributed by atoms with E-state index in [2.05, 4.69) is 53.1 Å². The summed E-state index contributed by atoms with van der Waals surface area (Å²) in [5.41, 5.74) is 2.08. The smallest absolute Gasteiger partial charge is 0.252 e. The number of ether oxygens (including phenoxy) is 3. The summed E-state index contributed by atoms with van der Waals surface area (Å²) in [5.74, 6) is 2.97. The van der Waals surface area contributed by atoms with Crippen LogP contribution in [0.2, 0.25) is 0 Å².